The number of likely N-dealkylation sites (tertiary alicyclic amines) is 1. The second-order valence-corrected chi connectivity index (χ2v) is 7.23. The number of sulfone groups is 1. The van der Waals surface area contributed by atoms with E-state index in [1.165, 1.54) is 30.1 Å². The molecule has 0 atom stereocenters. The molecule has 0 spiro atoms. The van der Waals surface area contributed by atoms with E-state index in [9.17, 15) is 26.4 Å². The molecule has 1 aromatic carbocycles. The van der Waals surface area contributed by atoms with Gasteiger partial charge in [-0.15, -0.1) is 0 Å². The van der Waals surface area contributed by atoms with Crippen molar-refractivity contribution in [1.82, 2.24) is 4.90 Å². The summed E-state index contributed by atoms with van der Waals surface area (Å²) >= 11 is 0. The summed E-state index contributed by atoms with van der Waals surface area (Å²) in [4.78, 5) is 13.8. The van der Waals surface area contributed by atoms with Crippen LogP contribution in [0.4, 0.5) is 18.9 Å². The number of nitrogens with zero attached hydrogens (tertiary/aromatic N) is 2. The fourth-order valence-corrected chi connectivity index (χ4v) is 3.46. The van der Waals surface area contributed by atoms with Crippen LogP contribution >= 0.6 is 0 Å². The minimum Gasteiger partial charge on any atom is -0.372 e. The lowest BCUT2D eigenvalue weighted by Gasteiger charge is -2.25. The second-order valence-electron chi connectivity index (χ2n) is 5.32. The molecule has 0 N–H and O–H groups in total. The van der Waals surface area contributed by atoms with Crippen LogP contribution in [0, 0.1) is 0 Å². The van der Waals surface area contributed by atoms with Gasteiger partial charge < -0.3 is 9.80 Å². The summed E-state index contributed by atoms with van der Waals surface area (Å²) in [5, 5.41) is 0. The van der Waals surface area contributed by atoms with Crippen LogP contribution in [-0.2, 0) is 14.6 Å². The Bertz CT molecular complexity index is 689. The number of halogens is 3. The summed E-state index contributed by atoms with van der Waals surface area (Å²) < 4.78 is 61.7. The van der Waals surface area contributed by atoms with Crippen molar-refractivity contribution in [3.63, 3.8) is 0 Å². The van der Waals surface area contributed by atoms with Crippen LogP contribution in [0.3, 0.4) is 0 Å². The molecule has 0 bridgehead atoms. The van der Waals surface area contributed by atoms with Crippen molar-refractivity contribution >= 4 is 21.4 Å². The largest absolute Gasteiger partial charge is 0.501 e. The van der Waals surface area contributed by atoms with E-state index in [0.717, 1.165) is 12.5 Å². The summed E-state index contributed by atoms with van der Waals surface area (Å²) in [6.07, 6.45) is 1.24. The van der Waals surface area contributed by atoms with Crippen molar-refractivity contribution in [2.45, 2.75) is 23.2 Å². The average Bonchev–Trinajstić information content (AvgIpc) is 2.89. The van der Waals surface area contributed by atoms with Gasteiger partial charge >= 0.3 is 5.51 Å². The van der Waals surface area contributed by atoms with Crippen molar-refractivity contribution in [2.75, 3.05) is 31.6 Å². The summed E-state index contributed by atoms with van der Waals surface area (Å²) in [5.74, 6) is 0.00889. The molecule has 128 valence electrons. The van der Waals surface area contributed by atoms with Crippen molar-refractivity contribution in [2.24, 2.45) is 0 Å². The molecular weight excluding hydrogens is 333 g/mol. The Kier molecular flexibility index (Phi) is 4.88. The zero-order valence-electron chi connectivity index (χ0n) is 12.5. The Morgan fingerprint density at radius 1 is 1.26 bits per heavy atom. The molecule has 23 heavy (non-hydrogen) atoms. The third-order valence-electron chi connectivity index (χ3n) is 3.75. The van der Waals surface area contributed by atoms with Gasteiger partial charge in [0.15, 0.2) is 0 Å². The fraction of sp³-hybridized carbons (Fsp3) is 0.500. The van der Waals surface area contributed by atoms with Crippen LogP contribution < -0.4 is 4.90 Å². The van der Waals surface area contributed by atoms with E-state index in [0.29, 0.717) is 19.5 Å². The maximum absolute atomic E-state index is 12.8. The Hall–Kier alpha value is -1.77. The van der Waals surface area contributed by atoms with Gasteiger partial charge in [0.2, 0.25) is 5.91 Å². The standard InChI is InChI=1S/C14H17F3N2O3S/c1-18(9-10-19-8-4-7-13(19)20)11-5-2-3-6-12(11)23(21,22)14(15,16)17/h2-3,5-6H,4,7-10H2,1H3. The van der Waals surface area contributed by atoms with Crippen LogP contribution in [-0.4, -0.2) is 51.4 Å². The van der Waals surface area contributed by atoms with Crippen LogP contribution in [0.1, 0.15) is 12.8 Å². The first-order valence-electron chi connectivity index (χ1n) is 7.04. The highest BCUT2D eigenvalue weighted by atomic mass is 32.2. The average molecular weight is 350 g/mol. The SMILES string of the molecule is CN(CCN1CCCC1=O)c1ccccc1S(=O)(=O)C(F)(F)F. The monoisotopic (exact) mass is 350 g/mol. The molecule has 0 saturated carbocycles. The lowest BCUT2D eigenvalue weighted by atomic mass is 10.3. The quantitative estimate of drug-likeness (QED) is 0.815. The van der Waals surface area contributed by atoms with Crippen molar-refractivity contribution < 1.29 is 26.4 Å². The summed E-state index contributed by atoms with van der Waals surface area (Å²) in [7, 11) is -3.92. The van der Waals surface area contributed by atoms with E-state index in [1.54, 1.807) is 4.90 Å². The third-order valence-corrected chi connectivity index (χ3v) is 5.28. The molecular formula is C14H17F3N2O3S. The zero-order valence-corrected chi connectivity index (χ0v) is 13.3. The van der Waals surface area contributed by atoms with Crippen molar-refractivity contribution in [3.05, 3.63) is 24.3 Å². The lowest BCUT2D eigenvalue weighted by Crippen LogP contribution is -2.35. The predicted octanol–water partition coefficient (Wildman–Crippen LogP) is 2.04. The van der Waals surface area contributed by atoms with Crippen LogP contribution in [0.15, 0.2) is 29.2 Å². The number of carbonyl (C=O) groups excluding carboxylic acids is 1. The van der Waals surface area contributed by atoms with Gasteiger partial charge in [0, 0.05) is 33.1 Å². The topological polar surface area (TPSA) is 57.7 Å². The molecule has 0 radical (unpaired) electrons. The number of carbonyl (C=O) groups is 1. The highest BCUT2D eigenvalue weighted by molar-refractivity contribution is 7.92. The number of likely N-dealkylation sites (N-methyl/N-ethyl adjacent to an activating group) is 1. The number of benzene rings is 1. The number of hydrogen-bond acceptors (Lipinski definition) is 4. The molecule has 9 heteroatoms. The minimum absolute atomic E-state index is 0.00889. The van der Waals surface area contributed by atoms with E-state index in [2.05, 4.69) is 0 Å². The number of para-hydroxylation sites is 1. The number of anilines is 1. The summed E-state index contributed by atoms with van der Waals surface area (Å²) in [5.41, 5.74) is -5.38. The van der Waals surface area contributed by atoms with E-state index in [1.807, 2.05) is 0 Å². The van der Waals surface area contributed by atoms with Crippen LogP contribution in [0.2, 0.25) is 0 Å². The van der Waals surface area contributed by atoms with E-state index in [-0.39, 0.29) is 18.1 Å². The van der Waals surface area contributed by atoms with E-state index < -0.39 is 20.2 Å². The van der Waals surface area contributed by atoms with Crippen LogP contribution in [0.25, 0.3) is 0 Å². The molecule has 1 aliphatic heterocycles. The first kappa shape index (κ1) is 17.6. The molecule has 0 unspecified atom stereocenters. The fourth-order valence-electron chi connectivity index (χ4n) is 2.46. The molecule has 1 aliphatic rings. The number of hydrogen-bond donors (Lipinski definition) is 0. The molecule has 5 nitrogen and oxygen atoms in total. The predicted molar refractivity (Wildman–Crippen MR) is 78.8 cm³/mol. The Labute approximate surface area is 132 Å². The minimum atomic E-state index is -5.42. The van der Waals surface area contributed by atoms with Gasteiger partial charge in [-0.05, 0) is 18.6 Å². The molecule has 0 aliphatic carbocycles. The van der Waals surface area contributed by atoms with Gasteiger partial charge in [-0.2, -0.15) is 13.2 Å². The molecule has 2 rings (SSSR count). The normalized spacial score (nSPS) is 16.0. The van der Waals surface area contributed by atoms with Crippen molar-refractivity contribution in [3.8, 4) is 0 Å². The van der Waals surface area contributed by atoms with E-state index >= 15 is 0 Å². The van der Waals surface area contributed by atoms with Gasteiger partial charge in [0.05, 0.1) is 10.6 Å². The van der Waals surface area contributed by atoms with Gasteiger partial charge in [-0.1, -0.05) is 12.1 Å². The van der Waals surface area contributed by atoms with Gasteiger partial charge in [0.1, 0.15) is 0 Å². The maximum Gasteiger partial charge on any atom is 0.501 e. The molecule has 1 saturated heterocycles. The third kappa shape index (κ3) is 3.60. The zero-order chi connectivity index (χ0) is 17.3. The van der Waals surface area contributed by atoms with E-state index in [4.69, 9.17) is 0 Å². The molecule has 1 aromatic rings. The van der Waals surface area contributed by atoms with Gasteiger partial charge in [-0.25, -0.2) is 8.42 Å². The molecule has 1 heterocycles. The number of amides is 1. The van der Waals surface area contributed by atoms with Crippen LogP contribution in [0.5, 0.6) is 0 Å². The Balaban J connectivity index is 2.21. The number of alkyl halides is 3. The maximum atomic E-state index is 12.8. The highest BCUT2D eigenvalue weighted by Gasteiger charge is 2.48. The Morgan fingerprint density at radius 3 is 2.48 bits per heavy atom. The number of rotatable bonds is 5. The van der Waals surface area contributed by atoms with Gasteiger partial charge in [-0.3, -0.25) is 4.79 Å². The molecule has 1 fully saturated rings. The summed E-state index contributed by atoms with van der Waals surface area (Å²) in [6.45, 7) is 1.21. The summed E-state index contributed by atoms with van der Waals surface area (Å²) in [6, 6.07) is 4.99. The molecule has 0 aromatic heterocycles. The lowest BCUT2D eigenvalue weighted by molar-refractivity contribution is -0.127. The highest BCUT2D eigenvalue weighted by Crippen LogP contribution is 2.35. The first-order valence-corrected chi connectivity index (χ1v) is 8.52. The second kappa shape index (κ2) is 6.38. The van der Waals surface area contributed by atoms with Gasteiger partial charge in [0.25, 0.3) is 9.84 Å². The smallest absolute Gasteiger partial charge is 0.372 e. The molecule has 1 amide bonds. The Morgan fingerprint density at radius 2 is 1.91 bits per heavy atom. The van der Waals surface area contributed by atoms with Crippen molar-refractivity contribution in [1.29, 1.82) is 0 Å². The first-order chi connectivity index (χ1) is 10.6.